The van der Waals surface area contributed by atoms with Gasteiger partial charge in [-0.3, -0.25) is 4.79 Å². The van der Waals surface area contributed by atoms with Crippen LogP contribution in [0.25, 0.3) is 28.4 Å². The van der Waals surface area contributed by atoms with Crippen molar-refractivity contribution in [3.63, 3.8) is 0 Å². The number of aromatic carboxylic acids is 1. The summed E-state index contributed by atoms with van der Waals surface area (Å²) in [5, 5.41) is 11.6. The van der Waals surface area contributed by atoms with Crippen LogP contribution in [0.3, 0.4) is 0 Å². The Morgan fingerprint density at radius 1 is 1.09 bits per heavy atom. The number of benzene rings is 1. The lowest BCUT2D eigenvalue weighted by molar-refractivity contribution is -0.136. The first kappa shape index (κ1) is 23.4. The van der Waals surface area contributed by atoms with Crippen molar-refractivity contribution in [1.29, 1.82) is 0 Å². The molecule has 3 aromatic heterocycles. The van der Waals surface area contributed by atoms with Crippen molar-refractivity contribution >= 4 is 34.7 Å². The fourth-order valence-electron chi connectivity index (χ4n) is 3.14. The van der Waals surface area contributed by atoms with Gasteiger partial charge in [-0.2, -0.15) is 13.2 Å². The summed E-state index contributed by atoms with van der Waals surface area (Å²) in [7, 11) is 0. The average Bonchev–Trinajstić information content (AvgIpc) is 3.24. The standard InChI is InChI=1S/C23H16F3N5O4/c24-23(25,26)17-7-14(21-30-9-15(10-31-21)22(33)34)5-13-6-16(35-20(13)17)11-29-19(32)4-2-12-1-3-18(27)28-8-12/h1-10H,11H2,(H2,27,28)(H,29,32)(H,33,34). The molecule has 0 radical (unpaired) electrons. The number of hydrogen-bond acceptors (Lipinski definition) is 7. The number of alkyl halides is 3. The van der Waals surface area contributed by atoms with Crippen LogP contribution in [-0.4, -0.2) is 31.9 Å². The number of carboxylic acids is 1. The van der Waals surface area contributed by atoms with Gasteiger partial charge in [0, 0.05) is 35.6 Å². The second kappa shape index (κ2) is 9.25. The molecule has 12 heteroatoms. The third-order valence-electron chi connectivity index (χ3n) is 4.80. The van der Waals surface area contributed by atoms with Gasteiger partial charge >= 0.3 is 12.1 Å². The van der Waals surface area contributed by atoms with E-state index in [2.05, 4.69) is 20.3 Å². The van der Waals surface area contributed by atoms with Crippen molar-refractivity contribution in [2.24, 2.45) is 0 Å². The van der Waals surface area contributed by atoms with Crippen molar-refractivity contribution in [2.45, 2.75) is 12.7 Å². The van der Waals surface area contributed by atoms with Crippen molar-refractivity contribution in [3.05, 3.63) is 77.4 Å². The van der Waals surface area contributed by atoms with Crippen LogP contribution in [0.5, 0.6) is 0 Å². The van der Waals surface area contributed by atoms with Gasteiger partial charge in [-0.05, 0) is 42.0 Å². The van der Waals surface area contributed by atoms with E-state index in [1.54, 1.807) is 12.1 Å². The summed E-state index contributed by atoms with van der Waals surface area (Å²) in [6.45, 7) is -0.158. The van der Waals surface area contributed by atoms with Crippen LogP contribution >= 0.6 is 0 Å². The van der Waals surface area contributed by atoms with Gasteiger partial charge in [0.05, 0.1) is 17.7 Å². The first-order chi connectivity index (χ1) is 16.6. The molecule has 0 aliphatic rings. The summed E-state index contributed by atoms with van der Waals surface area (Å²) >= 11 is 0. The molecule has 0 saturated carbocycles. The zero-order valence-corrected chi connectivity index (χ0v) is 17.7. The van der Waals surface area contributed by atoms with Crippen LogP contribution in [0.2, 0.25) is 0 Å². The SMILES string of the molecule is Nc1ccc(C=CC(=O)NCc2cc3cc(-c4ncc(C(=O)O)cn4)cc(C(F)(F)F)c3o2)cn1. The van der Waals surface area contributed by atoms with Crippen LogP contribution in [0.15, 0.2) is 59.4 Å². The molecule has 3 heterocycles. The van der Waals surface area contributed by atoms with Crippen LogP contribution < -0.4 is 11.1 Å². The normalized spacial score (nSPS) is 11.7. The highest BCUT2D eigenvalue weighted by Crippen LogP contribution is 2.38. The summed E-state index contributed by atoms with van der Waals surface area (Å²) in [5.74, 6) is -1.40. The summed E-state index contributed by atoms with van der Waals surface area (Å²) in [6, 6.07) is 6.83. The van der Waals surface area contributed by atoms with E-state index in [4.69, 9.17) is 15.3 Å². The highest BCUT2D eigenvalue weighted by molar-refractivity contribution is 5.92. The number of carbonyl (C=O) groups excluding carboxylic acids is 1. The third-order valence-corrected chi connectivity index (χ3v) is 4.80. The molecule has 35 heavy (non-hydrogen) atoms. The number of anilines is 1. The quantitative estimate of drug-likeness (QED) is 0.350. The van der Waals surface area contributed by atoms with E-state index in [1.165, 1.54) is 30.5 Å². The highest BCUT2D eigenvalue weighted by Gasteiger charge is 2.35. The number of carbonyl (C=O) groups is 2. The number of aromatic nitrogens is 3. The molecule has 4 N–H and O–H groups in total. The summed E-state index contributed by atoms with van der Waals surface area (Å²) in [4.78, 5) is 34.7. The number of nitrogens with zero attached hydrogens (tertiary/aromatic N) is 3. The van der Waals surface area contributed by atoms with Gasteiger partial charge in [0.15, 0.2) is 5.82 Å². The Labute approximate surface area is 195 Å². The van der Waals surface area contributed by atoms with Crippen molar-refractivity contribution in [1.82, 2.24) is 20.3 Å². The number of nitrogens with two attached hydrogens (primary N) is 1. The maximum absolute atomic E-state index is 13.7. The maximum Gasteiger partial charge on any atom is 0.420 e. The molecule has 0 saturated heterocycles. The number of furan rings is 1. The van der Waals surface area contributed by atoms with E-state index in [1.807, 2.05) is 0 Å². The number of nitrogen functional groups attached to an aromatic ring is 1. The molecule has 4 aromatic rings. The minimum absolute atomic E-state index is 0.0261. The van der Waals surface area contributed by atoms with E-state index in [0.717, 1.165) is 18.5 Å². The Morgan fingerprint density at radius 2 is 1.83 bits per heavy atom. The highest BCUT2D eigenvalue weighted by atomic mass is 19.4. The number of fused-ring (bicyclic) bond motifs is 1. The molecule has 0 aliphatic carbocycles. The number of pyridine rings is 1. The first-order valence-electron chi connectivity index (χ1n) is 9.97. The van der Waals surface area contributed by atoms with Gasteiger partial charge in [-0.15, -0.1) is 0 Å². The van der Waals surface area contributed by atoms with Crippen molar-refractivity contribution < 1.29 is 32.3 Å². The zero-order chi connectivity index (χ0) is 25.2. The zero-order valence-electron chi connectivity index (χ0n) is 17.7. The molecule has 178 valence electrons. The Bertz CT molecular complexity index is 1430. The van der Waals surface area contributed by atoms with E-state index >= 15 is 0 Å². The topological polar surface area (TPSA) is 144 Å². The molecule has 1 aromatic carbocycles. The molecular weight excluding hydrogens is 467 g/mol. The van der Waals surface area contributed by atoms with Crippen LogP contribution in [-0.2, 0) is 17.5 Å². The van der Waals surface area contributed by atoms with Gasteiger partial charge < -0.3 is 20.6 Å². The van der Waals surface area contributed by atoms with E-state index in [9.17, 15) is 22.8 Å². The number of carboxylic acid groups (broad SMARTS) is 1. The molecule has 0 unspecified atom stereocenters. The molecule has 0 aliphatic heterocycles. The summed E-state index contributed by atoms with van der Waals surface area (Å²) in [5.41, 5.74) is 4.51. The van der Waals surface area contributed by atoms with Crippen molar-refractivity contribution in [3.8, 4) is 11.4 Å². The fraction of sp³-hybridized carbons (Fsp3) is 0.0870. The summed E-state index contributed by atoms with van der Waals surface area (Å²) < 4.78 is 46.6. The number of nitrogens with one attached hydrogen (secondary N) is 1. The van der Waals surface area contributed by atoms with E-state index < -0.39 is 29.2 Å². The Hall–Kier alpha value is -4.74. The lowest BCUT2D eigenvalue weighted by Crippen LogP contribution is -2.19. The number of halogens is 3. The van der Waals surface area contributed by atoms with E-state index in [-0.39, 0.29) is 34.6 Å². The Balaban J connectivity index is 1.57. The molecular formula is C23H16F3N5O4. The van der Waals surface area contributed by atoms with E-state index in [0.29, 0.717) is 11.4 Å². The summed E-state index contributed by atoms with van der Waals surface area (Å²) in [6.07, 6.45) is 1.49. The van der Waals surface area contributed by atoms with Crippen LogP contribution in [0.4, 0.5) is 19.0 Å². The third kappa shape index (κ3) is 5.43. The minimum atomic E-state index is -4.75. The predicted octanol–water partition coefficient (Wildman–Crippen LogP) is 3.91. The second-order valence-electron chi connectivity index (χ2n) is 7.32. The second-order valence-corrected chi connectivity index (χ2v) is 7.32. The molecule has 0 bridgehead atoms. The van der Waals surface area contributed by atoms with Crippen molar-refractivity contribution in [2.75, 3.05) is 5.73 Å². The largest absolute Gasteiger partial charge is 0.478 e. The Kier molecular flexibility index (Phi) is 6.19. The monoisotopic (exact) mass is 483 g/mol. The lowest BCUT2D eigenvalue weighted by atomic mass is 10.1. The molecule has 1 amide bonds. The van der Waals surface area contributed by atoms with Gasteiger partial charge in [0.2, 0.25) is 5.91 Å². The molecule has 9 nitrogen and oxygen atoms in total. The smallest absolute Gasteiger partial charge is 0.420 e. The number of rotatable bonds is 6. The molecule has 0 fully saturated rings. The fourth-order valence-corrected chi connectivity index (χ4v) is 3.14. The molecule has 0 spiro atoms. The van der Waals surface area contributed by atoms with Gasteiger partial charge in [-0.1, -0.05) is 0 Å². The average molecular weight is 483 g/mol. The maximum atomic E-state index is 13.7. The molecule has 0 atom stereocenters. The first-order valence-corrected chi connectivity index (χ1v) is 9.97. The van der Waals surface area contributed by atoms with Gasteiger partial charge in [0.1, 0.15) is 17.2 Å². The van der Waals surface area contributed by atoms with Crippen LogP contribution in [0, 0.1) is 0 Å². The van der Waals surface area contributed by atoms with Gasteiger partial charge in [0.25, 0.3) is 0 Å². The Morgan fingerprint density at radius 3 is 2.46 bits per heavy atom. The lowest BCUT2D eigenvalue weighted by Gasteiger charge is -2.09. The number of amides is 1. The predicted molar refractivity (Wildman–Crippen MR) is 119 cm³/mol. The van der Waals surface area contributed by atoms with Gasteiger partial charge in [-0.25, -0.2) is 19.7 Å². The molecule has 4 rings (SSSR count). The number of hydrogen-bond donors (Lipinski definition) is 3. The van der Waals surface area contributed by atoms with Crippen LogP contribution in [0.1, 0.15) is 27.2 Å². The minimum Gasteiger partial charge on any atom is -0.478 e.